The van der Waals surface area contributed by atoms with E-state index in [1.165, 1.54) is 12.0 Å². The zero-order valence-electron chi connectivity index (χ0n) is 22.7. The van der Waals surface area contributed by atoms with Crippen molar-refractivity contribution < 1.29 is 37.4 Å². The number of carbonyl (C=O) groups excluding carboxylic acids is 3. The third-order valence-corrected chi connectivity index (χ3v) is 6.35. The molecule has 5 N–H and O–H groups in total. The van der Waals surface area contributed by atoms with E-state index in [2.05, 4.69) is 20.7 Å². The molecule has 4 amide bonds. The average molecular weight is 578 g/mol. The summed E-state index contributed by atoms with van der Waals surface area (Å²) in [5.74, 6) is -1.70. The number of nitrogens with one attached hydrogen (secondary N) is 4. The summed E-state index contributed by atoms with van der Waals surface area (Å²) in [4.78, 5) is 49.8. The van der Waals surface area contributed by atoms with Gasteiger partial charge in [-0.2, -0.15) is 0 Å². The van der Waals surface area contributed by atoms with E-state index in [0.29, 0.717) is 22.7 Å². The zero-order chi connectivity index (χ0) is 29.7. The van der Waals surface area contributed by atoms with Crippen LogP contribution in [0.4, 0.5) is 16.2 Å². The SMILES string of the molecule is COc1cc(CC(=O)NCC(=O)N(CCCNS(C)(=O)=O)CCC(=O)O)ccc1NC(=O)Nc1ccccc1C. The molecule has 0 radical (unpaired) electrons. The summed E-state index contributed by atoms with van der Waals surface area (Å²) >= 11 is 0. The van der Waals surface area contributed by atoms with Crippen LogP contribution in [0.5, 0.6) is 5.75 Å². The molecule has 0 aliphatic heterocycles. The van der Waals surface area contributed by atoms with Crippen LogP contribution in [0, 0.1) is 6.92 Å². The molecule has 0 saturated heterocycles. The maximum absolute atomic E-state index is 12.6. The largest absolute Gasteiger partial charge is 0.495 e. The number of aliphatic carboxylic acids is 1. The van der Waals surface area contributed by atoms with E-state index in [1.54, 1.807) is 24.3 Å². The Bertz CT molecular complexity index is 1320. The summed E-state index contributed by atoms with van der Waals surface area (Å²) in [6.07, 6.45) is 0.920. The number of carboxylic acid groups (broad SMARTS) is 1. The first-order valence-corrected chi connectivity index (χ1v) is 14.3. The van der Waals surface area contributed by atoms with Crippen LogP contribution in [0.15, 0.2) is 42.5 Å². The van der Waals surface area contributed by atoms with Crippen LogP contribution in [0.2, 0.25) is 0 Å². The second-order valence-corrected chi connectivity index (χ2v) is 10.8. The molecule has 2 rings (SSSR count). The van der Waals surface area contributed by atoms with Crippen molar-refractivity contribution in [2.75, 3.05) is 50.2 Å². The van der Waals surface area contributed by atoms with Gasteiger partial charge in [0.25, 0.3) is 0 Å². The first-order chi connectivity index (χ1) is 18.9. The summed E-state index contributed by atoms with van der Waals surface area (Å²) in [5, 5.41) is 17.0. The Morgan fingerprint density at radius 3 is 2.35 bits per heavy atom. The minimum atomic E-state index is -3.39. The molecule has 0 atom stereocenters. The minimum absolute atomic E-state index is 0.0767. The fourth-order valence-electron chi connectivity index (χ4n) is 3.59. The Morgan fingerprint density at radius 2 is 1.70 bits per heavy atom. The zero-order valence-corrected chi connectivity index (χ0v) is 23.5. The number of benzene rings is 2. The molecule has 14 heteroatoms. The highest BCUT2D eigenvalue weighted by Gasteiger charge is 2.17. The van der Waals surface area contributed by atoms with E-state index in [-0.39, 0.29) is 45.4 Å². The second kappa shape index (κ2) is 15.4. The number of urea groups is 1. The third-order valence-electron chi connectivity index (χ3n) is 5.63. The fourth-order valence-corrected chi connectivity index (χ4v) is 4.11. The van der Waals surface area contributed by atoms with Gasteiger partial charge >= 0.3 is 12.0 Å². The van der Waals surface area contributed by atoms with Crippen molar-refractivity contribution in [1.82, 2.24) is 14.9 Å². The number of anilines is 2. The van der Waals surface area contributed by atoms with Crippen LogP contribution in [-0.2, 0) is 30.8 Å². The molecule has 0 aliphatic rings. The molecule has 0 aromatic heterocycles. The van der Waals surface area contributed by atoms with Crippen LogP contribution in [0.25, 0.3) is 0 Å². The predicted octanol–water partition coefficient (Wildman–Crippen LogP) is 1.55. The van der Waals surface area contributed by atoms with Crippen molar-refractivity contribution in [3.8, 4) is 5.75 Å². The van der Waals surface area contributed by atoms with Gasteiger partial charge in [0.05, 0.1) is 38.4 Å². The Balaban J connectivity index is 1.92. The molecular weight excluding hydrogens is 542 g/mol. The Hall–Kier alpha value is -4.17. The van der Waals surface area contributed by atoms with Crippen molar-refractivity contribution in [2.24, 2.45) is 0 Å². The minimum Gasteiger partial charge on any atom is -0.495 e. The van der Waals surface area contributed by atoms with Gasteiger partial charge in [0.2, 0.25) is 21.8 Å². The van der Waals surface area contributed by atoms with E-state index in [9.17, 15) is 27.6 Å². The van der Waals surface area contributed by atoms with Gasteiger partial charge in [0.15, 0.2) is 0 Å². The fraction of sp³-hybridized carbons (Fsp3) is 0.385. The highest BCUT2D eigenvalue weighted by Crippen LogP contribution is 2.26. The molecule has 40 heavy (non-hydrogen) atoms. The number of para-hydroxylation sites is 1. The monoisotopic (exact) mass is 577 g/mol. The predicted molar refractivity (Wildman–Crippen MR) is 150 cm³/mol. The lowest BCUT2D eigenvalue weighted by Gasteiger charge is -2.22. The van der Waals surface area contributed by atoms with E-state index in [4.69, 9.17) is 9.84 Å². The summed E-state index contributed by atoms with van der Waals surface area (Å²) in [7, 11) is -1.96. The standard InChI is InChI=1S/C26H35N5O8S/c1-18-7-4-5-8-20(18)29-26(36)30-21-10-9-19(15-22(21)39-2)16-23(32)27-17-24(33)31(14-11-25(34)35)13-6-12-28-40(3,37)38/h4-5,7-10,15,28H,6,11-14,16-17H2,1-3H3,(H,27,32)(H,34,35)(H2,29,30,36). The first kappa shape index (κ1) is 32.0. The lowest BCUT2D eigenvalue weighted by Crippen LogP contribution is -2.42. The Kier molecular flexibility index (Phi) is 12.4. The topological polar surface area (TPSA) is 183 Å². The number of methoxy groups -OCH3 is 1. The summed E-state index contributed by atoms with van der Waals surface area (Å²) < 4.78 is 30.0. The maximum Gasteiger partial charge on any atom is 0.323 e. The highest BCUT2D eigenvalue weighted by molar-refractivity contribution is 7.88. The van der Waals surface area contributed by atoms with Crippen LogP contribution in [-0.4, -0.2) is 81.8 Å². The molecule has 218 valence electrons. The highest BCUT2D eigenvalue weighted by atomic mass is 32.2. The van der Waals surface area contributed by atoms with Gasteiger partial charge in [-0.15, -0.1) is 0 Å². The third kappa shape index (κ3) is 11.7. The summed E-state index contributed by atoms with van der Waals surface area (Å²) in [6, 6.07) is 11.7. The Morgan fingerprint density at radius 1 is 1.00 bits per heavy atom. The normalized spacial score (nSPS) is 10.9. The molecule has 0 spiro atoms. The van der Waals surface area contributed by atoms with Crippen molar-refractivity contribution in [2.45, 2.75) is 26.2 Å². The molecule has 0 heterocycles. The van der Waals surface area contributed by atoms with Gasteiger partial charge in [-0.3, -0.25) is 14.4 Å². The molecule has 2 aromatic rings. The van der Waals surface area contributed by atoms with E-state index < -0.39 is 33.8 Å². The number of rotatable bonds is 15. The first-order valence-electron chi connectivity index (χ1n) is 12.4. The van der Waals surface area contributed by atoms with Gasteiger partial charge < -0.3 is 30.7 Å². The number of aryl methyl sites for hydroxylation is 1. The molecule has 0 saturated carbocycles. The Labute approximate surface area is 233 Å². The van der Waals surface area contributed by atoms with E-state index in [1.807, 2.05) is 25.1 Å². The van der Waals surface area contributed by atoms with Gasteiger partial charge in [-0.25, -0.2) is 17.9 Å². The molecule has 13 nitrogen and oxygen atoms in total. The molecular formula is C26H35N5O8S. The lowest BCUT2D eigenvalue weighted by molar-refractivity contribution is -0.139. The van der Waals surface area contributed by atoms with Crippen LogP contribution >= 0.6 is 0 Å². The number of carboxylic acids is 1. The van der Waals surface area contributed by atoms with E-state index in [0.717, 1.165) is 11.8 Å². The quantitative estimate of drug-likeness (QED) is 0.198. The number of ether oxygens (including phenoxy) is 1. The number of amides is 4. The molecule has 0 fully saturated rings. The summed E-state index contributed by atoms with van der Waals surface area (Å²) in [5.41, 5.74) is 2.53. The number of nitrogens with zero attached hydrogens (tertiary/aromatic N) is 1. The molecule has 2 aromatic carbocycles. The number of hydrogen-bond donors (Lipinski definition) is 5. The van der Waals surface area contributed by atoms with Crippen LogP contribution in [0.3, 0.4) is 0 Å². The maximum atomic E-state index is 12.6. The van der Waals surface area contributed by atoms with Gasteiger partial charge in [0.1, 0.15) is 5.75 Å². The number of carbonyl (C=O) groups is 4. The lowest BCUT2D eigenvalue weighted by atomic mass is 10.1. The molecule has 0 aliphatic carbocycles. The average Bonchev–Trinajstić information content (AvgIpc) is 2.88. The van der Waals surface area contributed by atoms with Crippen molar-refractivity contribution >= 4 is 45.2 Å². The number of hydrogen-bond acceptors (Lipinski definition) is 7. The summed E-state index contributed by atoms with van der Waals surface area (Å²) in [6.45, 7) is 1.65. The molecule has 0 bridgehead atoms. The van der Waals surface area contributed by atoms with Crippen LogP contribution < -0.4 is 25.4 Å². The second-order valence-electron chi connectivity index (χ2n) is 8.93. The van der Waals surface area contributed by atoms with E-state index >= 15 is 0 Å². The van der Waals surface area contributed by atoms with Crippen molar-refractivity contribution in [1.29, 1.82) is 0 Å². The number of sulfonamides is 1. The van der Waals surface area contributed by atoms with Gasteiger partial charge in [-0.1, -0.05) is 24.3 Å². The van der Waals surface area contributed by atoms with Crippen LogP contribution in [0.1, 0.15) is 24.0 Å². The van der Waals surface area contributed by atoms with Gasteiger partial charge in [0, 0.05) is 25.3 Å². The van der Waals surface area contributed by atoms with Crippen molar-refractivity contribution in [3.05, 3.63) is 53.6 Å². The molecule has 0 unspecified atom stereocenters. The van der Waals surface area contributed by atoms with Gasteiger partial charge in [-0.05, 0) is 42.7 Å². The smallest absolute Gasteiger partial charge is 0.323 e. The van der Waals surface area contributed by atoms with Crippen molar-refractivity contribution in [3.63, 3.8) is 0 Å².